The molecule has 1 N–H and O–H groups in total. The molecule has 0 radical (unpaired) electrons. The molecule has 1 rings (SSSR count). The lowest BCUT2D eigenvalue weighted by molar-refractivity contribution is -0.136. The molecule has 0 aliphatic rings. The average Bonchev–Trinajstić information content (AvgIpc) is 2.73. The molecule has 0 aliphatic carbocycles. The molecule has 0 unspecified atom stereocenters. The van der Waals surface area contributed by atoms with Crippen molar-refractivity contribution in [3.05, 3.63) is 11.6 Å². The van der Waals surface area contributed by atoms with E-state index >= 15 is 0 Å². The van der Waals surface area contributed by atoms with E-state index < -0.39 is 25.0 Å². The first kappa shape index (κ1) is 14.5. The Balaban J connectivity index is 2.57. The molecule has 0 atom stereocenters. The molecule has 0 aliphatic heterocycles. The Morgan fingerprint density at radius 1 is 1.44 bits per heavy atom. The molecular formula is C10H15F3N4O. The van der Waals surface area contributed by atoms with Gasteiger partial charge >= 0.3 is 6.18 Å². The van der Waals surface area contributed by atoms with E-state index in [2.05, 4.69) is 15.2 Å². The summed E-state index contributed by atoms with van der Waals surface area (Å²) < 4.78 is 36.0. The molecule has 8 heteroatoms. The predicted octanol–water partition coefficient (Wildman–Crippen LogP) is 1.78. The second kappa shape index (κ2) is 5.83. The first-order valence-corrected chi connectivity index (χ1v) is 5.57. The normalized spacial score (nSPS) is 11.6. The average molecular weight is 264 g/mol. The van der Waals surface area contributed by atoms with E-state index in [1.807, 2.05) is 6.92 Å². The number of aromatic amines is 1. The van der Waals surface area contributed by atoms with Gasteiger partial charge in [-0.05, 0) is 6.42 Å². The number of alkyl halides is 3. The van der Waals surface area contributed by atoms with Gasteiger partial charge in [-0.15, -0.1) is 5.10 Å². The van der Waals surface area contributed by atoms with Gasteiger partial charge < -0.3 is 4.90 Å². The number of hydrogen-bond donors (Lipinski definition) is 1. The molecule has 0 saturated carbocycles. The van der Waals surface area contributed by atoms with Gasteiger partial charge in [0.15, 0.2) is 0 Å². The summed E-state index contributed by atoms with van der Waals surface area (Å²) in [5.41, 5.74) is 0. The van der Waals surface area contributed by atoms with Crippen molar-refractivity contribution in [2.45, 2.75) is 32.4 Å². The smallest absolute Gasteiger partial charge is 0.339 e. The van der Waals surface area contributed by atoms with E-state index in [-0.39, 0.29) is 5.82 Å². The van der Waals surface area contributed by atoms with Crippen LogP contribution in [0.5, 0.6) is 0 Å². The summed E-state index contributed by atoms with van der Waals surface area (Å²) in [5, 5.41) is 6.28. The SMILES string of the molecule is CCCc1nc(C(=O)N(C)CCC(F)(F)F)n[nH]1. The zero-order chi connectivity index (χ0) is 13.8. The third-order valence-electron chi connectivity index (χ3n) is 2.29. The maximum absolute atomic E-state index is 12.0. The largest absolute Gasteiger partial charge is 0.390 e. The number of aryl methyl sites for hydroxylation is 1. The van der Waals surface area contributed by atoms with Crippen LogP contribution in [0.2, 0.25) is 0 Å². The zero-order valence-corrected chi connectivity index (χ0v) is 10.2. The van der Waals surface area contributed by atoms with Gasteiger partial charge in [-0.3, -0.25) is 9.89 Å². The number of nitrogens with zero attached hydrogens (tertiary/aromatic N) is 3. The lowest BCUT2D eigenvalue weighted by atomic mass is 10.3. The number of halogens is 3. The number of carbonyl (C=O) groups excluding carboxylic acids is 1. The van der Waals surface area contributed by atoms with Crippen molar-refractivity contribution in [2.24, 2.45) is 0 Å². The van der Waals surface area contributed by atoms with Crippen LogP contribution in [0.3, 0.4) is 0 Å². The quantitative estimate of drug-likeness (QED) is 0.881. The van der Waals surface area contributed by atoms with Gasteiger partial charge in [-0.1, -0.05) is 6.92 Å². The fourth-order valence-corrected chi connectivity index (χ4v) is 1.31. The fourth-order valence-electron chi connectivity index (χ4n) is 1.31. The van der Waals surface area contributed by atoms with E-state index in [0.717, 1.165) is 11.3 Å². The van der Waals surface area contributed by atoms with E-state index in [0.29, 0.717) is 12.2 Å². The minimum atomic E-state index is -4.28. The van der Waals surface area contributed by atoms with Crippen LogP contribution in [-0.2, 0) is 6.42 Å². The van der Waals surface area contributed by atoms with Gasteiger partial charge in [-0.25, -0.2) is 4.98 Å². The first-order chi connectivity index (χ1) is 8.33. The number of rotatable bonds is 5. The Labute approximate surface area is 102 Å². The van der Waals surface area contributed by atoms with Crippen molar-refractivity contribution in [1.82, 2.24) is 20.1 Å². The van der Waals surface area contributed by atoms with E-state index in [9.17, 15) is 18.0 Å². The fraction of sp³-hybridized carbons (Fsp3) is 0.700. The van der Waals surface area contributed by atoms with Gasteiger partial charge in [0.2, 0.25) is 5.82 Å². The Bertz CT molecular complexity index is 402. The molecule has 18 heavy (non-hydrogen) atoms. The van der Waals surface area contributed by atoms with Crippen LogP contribution in [-0.4, -0.2) is 45.8 Å². The molecule has 0 aromatic carbocycles. The minimum absolute atomic E-state index is 0.0943. The van der Waals surface area contributed by atoms with E-state index in [1.54, 1.807) is 0 Å². The summed E-state index contributed by atoms with van der Waals surface area (Å²) >= 11 is 0. The Morgan fingerprint density at radius 2 is 2.11 bits per heavy atom. The molecule has 1 aromatic rings. The molecule has 1 aromatic heterocycles. The summed E-state index contributed by atoms with van der Waals surface area (Å²) in [4.78, 5) is 16.6. The zero-order valence-electron chi connectivity index (χ0n) is 10.2. The second-order valence-corrected chi connectivity index (χ2v) is 3.95. The minimum Gasteiger partial charge on any atom is -0.339 e. The van der Waals surface area contributed by atoms with Crippen molar-refractivity contribution < 1.29 is 18.0 Å². The predicted molar refractivity (Wildman–Crippen MR) is 58.0 cm³/mol. The number of nitrogens with one attached hydrogen (secondary N) is 1. The number of hydrogen-bond acceptors (Lipinski definition) is 3. The Hall–Kier alpha value is -1.60. The summed E-state index contributed by atoms with van der Waals surface area (Å²) in [5.74, 6) is -0.147. The highest BCUT2D eigenvalue weighted by molar-refractivity contribution is 5.90. The highest BCUT2D eigenvalue weighted by atomic mass is 19.4. The maximum atomic E-state index is 12.0. The monoisotopic (exact) mass is 264 g/mol. The molecule has 102 valence electrons. The third kappa shape index (κ3) is 4.34. The van der Waals surface area contributed by atoms with Crippen molar-refractivity contribution in [1.29, 1.82) is 0 Å². The second-order valence-electron chi connectivity index (χ2n) is 3.95. The van der Waals surface area contributed by atoms with Crippen molar-refractivity contribution in [2.75, 3.05) is 13.6 Å². The molecule has 5 nitrogen and oxygen atoms in total. The lowest BCUT2D eigenvalue weighted by Gasteiger charge is -2.16. The molecule has 1 amide bonds. The molecule has 1 heterocycles. The third-order valence-corrected chi connectivity index (χ3v) is 2.29. The molecule has 0 saturated heterocycles. The van der Waals surface area contributed by atoms with E-state index in [4.69, 9.17) is 0 Å². The summed E-state index contributed by atoms with van der Waals surface area (Å²) in [7, 11) is 1.30. The maximum Gasteiger partial charge on any atom is 0.390 e. The summed E-state index contributed by atoms with van der Waals surface area (Å²) in [6.07, 6.45) is -3.83. The number of aromatic nitrogens is 3. The highest BCUT2D eigenvalue weighted by Crippen LogP contribution is 2.19. The van der Waals surface area contributed by atoms with Gasteiger partial charge in [0.1, 0.15) is 5.82 Å². The van der Waals surface area contributed by atoms with Crippen LogP contribution in [0.4, 0.5) is 13.2 Å². The van der Waals surface area contributed by atoms with Crippen molar-refractivity contribution >= 4 is 5.91 Å². The number of amides is 1. The van der Waals surface area contributed by atoms with Crippen LogP contribution in [0.25, 0.3) is 0 Å². The molecule has 0 fully saturated rings. The van der Waals surface area contributed by atoms with Gasteiger partial charge in [0.25, 0.3) is 5.91 Å². The Kier molecular flexibility index (Phi) is 4.69. The molecule has 0 bridgehead atoms. The molecular weight excluding hydrogens is 249 g/mol. The Morgan fingerprint density at radius 3 is 2.67 bits per heavy atom. The topological polar surface area (TPSA) is 61.9 Å². The van der Waals surface area contributed by atoms with Gasteiger partial charge in [0, 0.05) is 20.0 Å². The van der Waals surface area contributed by atoms with Crippen LogP contribution in [0.15, 0.2) is 0 Å². The van der Waals surface area contributed by atoms with E-state index in [1.165, 1.54) is 7.05 Å². The van der Waals surface area contributed by atoms with Crippen LogP contribution in [0, 0.1) is 0 Å². The number of H-pyrrole nitrogens is 1. The van der Waals surface area contributed by atoms with Crippen LogP contribution in [0.1, 0.15) is 36.2 Å². The number of carbonyl (C=O) groups is 1. The van der Waals surface area contributed by atoms with Gasteiger partial charge in [0.05, 0.1) is 6.42 Å². The van der Waals surface area contributed by atoms with Gasteiger partial charge in [-0.2, -0.15) is 13.2 Å². The van der Waals surface area contributed by atoms with Crippen molar-refractivity contribution in [3.63, 3.8) is 0 Å². The van der Waals surface area contributed by atoms with Crippen molar-refractivity contribution in [3.8, 4) is 0 Å². The summed E-state index contributed by atoms with van der Waals surface area (Å²) in [6, 6.07) is 0. The lowest BCUT2D eigenvalue weighted by Crippen LogP contribution is -2.31. The molecule has 0 spiro atoms. The standard InChI is InChI=1S/C10H15F3N4O/c1-3-4-7-14-8(16-15-7)9(18)17(2)6-5-10(11,12)13/h3-6H2,1-2H3,(H,14,15,16). The van der Waals surface area contributed by atoms with Crippen LogP contribution >= 0.6 is 0 Å². The highest BCUT2D eigenvalue weighted by Gasteiger charge is 2.28. The first-order valence-electron chi connectivity index (χ1n) is 5.57. The van der Waals surface area contributed by atoms with Crippen LogP contribution < -0.4 is 0 Å². The summed E-state index contributed by atoms with van der Waals surface area (Å²) in [6.45, 7) is 1.54.